The van der Waals surface area contributed by atoms with Gasteiger partial charge in [-0.05, 0) is 31.2 Å². The SMILES string of the molecule is CCNCCC(=O)Nc1cc(S(C)(=O)=O)ccc1C. The Balaban J connectivity index is 2.80. The molecule has 0 saturated carbocycles. The van der Waals surface area contributed by atoms with Crippen LogP contribution in [0.2, 0.25) is 0 Å². The van der Waals surface area contributed by atoms with Crippen molar-refractivity contribution in [2.75, 3.05) is 24.7 Å². The van der Waals surface area contributed by atoms with Crippen molar-refractivity contribution in [3.63, 3.8) is 0 Å². The molecule has 5 nitrogen and oxygen atoms in total. The van der Waals surface area contributed by atoms with Crippen LogP contribution in [0.4, 0.5) is 5.69 Å². The van der Waals surface area contributed by atoms with Gasteiger partial charge in [0, 0.05) is 24.9 Å². The number of amides is 1. The van der Waals surface area contributed by atoms with Crippen LogP contribution < -0.4 is 10.6 Å². The standard InChI is InChI=1S/C13H20N2O3S/c1-4-14-8-7-13(16)15-12-9-11(19(3,17)18)6-5-10(12)2/h5-6,9,14H,4,7-8H2,1-3H3,(H,15,16). The minimum absolute atomic E-state index is 0.130. The highest BCUT2D eigenvalue weighted by molar-refractivity contribution is 7.90. The molecule has 0 bridgehead atoms. The molecular formula is C13H20N2O3S. The fourth-order valence-electron chi connectivity index (χ4n) is 1.56. The van der Waals surface area contributed by atoms with Gasteiger partial charge in [0.15, 0.2) is 9.84 Å². The fourth-order valence-corrected chi connectivity index (χ4v) is 2.20. The zero-order valence-corrected chi connectivity index (χ0v) is 12.3. The van der Waals surface area contributed by atoms with Crippen LogP contribution in [0.3, 0.4) is 0 Å². The van der Waals surface area contributed by atoms with Crippen LogP contribution in [0.25, 0.3) is 0 Å². The van der Waals surface area contributed by atoms with Crippen molar-refractivity contribution < 1.29 is 13.2 Å². The summed E-state index contributed by atoms with van der Waals surface area (Å²) in [5.74, 6) is -0.130. The van der Waals surface area contributed by atoms with E-state index in [2.05, 4.69) is 10.6 Å². The number of carbonyl (C=O) groups excluding carboxylic acids is 1. The molecule has 0 saturated heterocycles. The van der Waals surface area contributed by atoms with Crippen LogP contribution in [-0.4, -0.2) is 33.7 Å². The number of benzene rings is 1. The molecular weight excluding hydrogens is 264 g/mol. The van der Waals surface area contributed by atoms with E-state index in [1.807, 2.05) is 13.8 Å². The molecule has 1 rings (SSSR count). The Bertz CT molecular complexity index is 553. The maximum Gasteiger partial charge on any atom is 0.225 e. The van der Waals surface area contributed by atoms with Crippen molar-refractivity contribution in [2.24, 2.45) is 0 Å². The third-order valence-electron chi connectivity index (χ3n) is 2.69. The molecule has 1 aromatic rings. The number of sulfone groups is 1. The van der Waals surface area contributed by atoms with Crippen LogP contribution in [0.15, 0.2) is 23.1 Å². The molecule has 1 amide bonds. The van der Waals surface area contributed by atoms with Gasteiger partial charge in [0.1, 0.15) is 0 Å². The predicted octanol–water partition coefficient (Wildman–Crippen LogP) is 1.34. The smallest absolute Gasteiger partial charge is 0.225 e. The molecule has 19 heavy (non-hydrogen) atoms. The maximum atomic E-state index is 11.7. The Morgan fingerprint density at radius 2 is 2.00 bits per heavy atom. The summed E-state index contributed by atoms with van der Waals surface area (Å²) in [7, 11) is -3.26. The third-order valence-corrected chi connectivity index (χ3v) is 3.80. The van der Waals surface area contributed by atoms with E-state index in [9.17, 15) is 13.2 Å². The molecule has 0 unspecified atom stereocenters. The highest BCUT2D eigenvalue weighted by Gasteiger charge is 2.11. The van der Waals surface area contributed by atoms with E-state index in [0.717, 1.165) is 18.4 Å². The first kappa shape index (κ1) is 15.7. The molecule has 0 radical (unpaired) electrons. The van der Waals surface area contributed by atoms with Gasteiger partial charge in [0.25, 0.3) is 0 Å². The summed E-state index contributed by atoms with van der Waals surface area (Å²) in [4.78, 5) is 11.9. The van der Waals surface area contributed by atoms with Gasteiger partial charge in [0.2, 0.25) is 5.91 Å². The lowest BCUT2D eigenvalue weighted by Crippen LogP contribution is -2.21. The zero-order chi connectivity index (χ0) is 14.5. The van der Waals surface area contributed by atoms with Crippen LogP contribution in [0.5, 0.6) is 0 Å². The number of rotatable bonds is 6. The lowest BCUT2D eigenvalue weighted by molar-refractivity contribution is -0.116. The monoisotopic (exact) mass is 284 g/mol. The van der Waals surface area contributed by atoms with Crippen LogP contribution in [-0.2, 0) is 14.6 Å². The number of nitrogens with one attached hydrogen (secondary N) is 2. The average molecular weight is 284 g/mol. The van der Waals surface area contributed by atoms with E-state index in [1.165, 1.54) is 6.07 Å². The number of aryl methyl sites for hydroxylation is 1. The van der Waals surface area contributed by atoms with Gasteiger partial charge in [-0.3, -0.25) is 4.79 Å². The van der Waals surface area contributed by atoms with Crippen molar-refractivity contribution in [2.45, 2.75) is 25.2 Å². The number of hydrogen-bond acceptors (Lipinski definition) is 4. The summed E-state index contributed by atoms with van der Waals surface area (Å²) in [6.07, 6.45) is 1.50. The highest BCUT2D eigenvalue weighted by Crippen LogP contribution is 2.20. The molecule has 2 N–H and O–H groups in total. The number of carbonyl (C=O) groups is 1. The lowest BCUT2D eigenvalue weighted by atomic mass is 10.2. The first-order valence-corrected chi connectivity index (χ1v) is 8.05. The molecule has 0 aliphatic carbocycles. The molecule has 0 heterocycles. The Kier molecular flexibility index (Phi) is 5.50. The van der Waals surface area contributed by atoms with Gasteiger partial charge in [-0.25, -0.2) is 8.42 Å². The maximum absolute atomic E-state index is 11.7. The fraction of sp³-hybridized carbons (Fsp3) is 0.462. The topological polar surface area (TPSA) is 75.3 Å². The van der Waals surface area contributed by atoms with E-state index >= 15 is 0 Å². The van der Waals surface area contributed by atoms with Crippen LogP contribution in [0, 0.1) is 6.92 Å². The van der Waals surface area contributed by atoms with Crippen molar-refractivity contribution in [1.82, 2.24) is 5.32 Å². The van der Waals surface area contributed by atoms with Crippen molar-refractivity contribution in [3.05, 3.63) is 23.8 Å². The molecule has 6 heteroatoms. The summed E-state index contributed by atoms with van der Waals surface area (Å²) >= 11 is 0. The quantitative estimate of drug-likeness (QED) is 0.773. The Labute approximate surface area is 114 Å². The summed E-state index contributed by atoms with van der Waals surface area (Å²) in [6.45, 7) is 5.21. The summed E-state index contributed by atoms with van der Waals surface area (Å²) in [5.41, 5.74) is 1.38. The number of anilines is 1. The third kappa shape index (κ3) is 5.00. The van der Waals surface area contributed by atoms with E-state index in [-0.39, 0.29) is 10.8 Å². The first-order chi connectivity index (χ1) is 8.84. The summed E-state index contributed by atoms with van der Waals surface area (Å²) in [5, 5.41) is 5.80. The minimum Gasteiger partial charge on any atom is -0.326 e. The lowest BCUT2D eigenvalue weighted by Gasteiger charge is -2.10. The molecule has 0 spiro atoms. The Morgan fingerprint density at radius 1 is 1.32 bits per heavy atom. The normalized spacial score (nSPS) is 11.3. The van der Waals surface area contributed by atoms with Gasteiger partial charge < -0.3 is 10.6 Å². The molecule has 0 fully saturated rings. The highest BCUT2D eigenvalue weighted by atomic mass is 32.2. The van der Waals surface area contributed by atoms with Gasteiger partial charge >= 0.3 is 0 Å². The minimum atomic E-state index is -3.26. The van der Waals surface area contributed by atoms with E-state index in [1.54, 1.807) is 12.1 Å². The van der Waals surface area contributed by atoms with Crippen molar-refractivity contribution >= 4 is 21.4 Å². The second kappa shape index (κ2) is 6.68. The van der Waals surface area contributed by atoms with Crippen molar-refractivity contribution in [3.8, 4) is 0 Å². The largest absolute Gasteiger partial charge is 0.326 e. The number of hydrogen-bond donors (Lipinski definition) is 2. The van der Waals surface area contributed by atoms with Gasteiger partial charge in [-0.15, -0.1) is 0 Å². The zero-order valence-electron chi connectivity index (χ0n) is 11.5. The molecule has 0 aliphatic rings. The van der Waals surface area contributed by atoms with Gasteiger partial charge in [-0.2, -0.15) is 0 Å². The van der Waals surface area contributed by atoms with Crippen LogP contribution >= 0.6 is 0 Å². The van der Waals surface area contributed by atoms with Crippen molar-refractivity contribution in [1.29, 1.82) is 0 Å². The molecule has 106 valence electrons. The second-order valence-electron chi connectivity index (χ2n) is 4.40. The van der Waals surface area contributed by atoms with E-state index in [4.69, 9.17) is 0 Å². The molecule has 0 aromatic heterocycles. The predicted molar refractivity (Wildman–Crippen MR) is 76.1 cm³/mol. The van der Waals surface area contributed by atoms with E-state index < -0.39 is 9.84 Å². The van der Waals surface area contributed by atoms with Gasteiger partial charge in [-0.1, -0.05) is 13.0 Å². The van der Waals surface area contributed by atoms with Gasteiger partial charge in [0.05, 0.1) is 4.90 Å². The Hall–Kier alpha value is -1.40. The van der Waals surface area contributed by atoms with E-state index in [0.29, 0.717) is 18.7 Å². The second-order valence-corrected chi connectivity index (χ2v) is 6.42. The summed E-state index contributed by atoms with van der Waals surface area (Å²) < 4.78 is 22.9. The first-order valence-electron chi connectivity index (χ1n) is 6.16. The Morgan fingerprint density at radius 3 is 2.58 bits per heavy atom. The average Bonchev–Trinajstić information content (AvgIpc) is 2.31. The summed E-state index contributed by atoms with van der Waals surface area (Å²) in [6, 6.07) is 4.73. The van der Waals surface area contributed by atoms with Crippen LogP contribution in [0.1, 0.15) is 18.9 Å². The molecule has 1 aromatic carbocycles. The molecule has 0 aliphatic heterocycles. The molecule has 0 atom stereocenters.